The molecule has 0 aromatic carbocycles. The second-order valence-electron chi connectivity index (χ2n) is 15.7. The van der Waals surface area contributed by atoms with Gasteiger partial charge >= 0.3 is 31.7 Å². The summed E-state index contributed by atoms with van der Waals surface area (Å²) in [4.78, 5) is 58.0. The monoisotopic (exact) mass is 993 g/mol. The van der Waals surface area contributed by atoms with Crippen LogP contribution in [0.3, 0.4) is 0 Å². The molecule has 8 N–H and O–H groups in total. The number of unbranched alkanes of at least 4 members (excludes halogenated alkanes) is 6. The van der Waals surface area contributed by atoms with Crippen LogP contribution in [0.5, 0.6) is 0 Å². The van der Waals surface area contributed by atoms with Crippen molar-refractivity contribution < 1.29 is 62.5 Å². The molecule has 0 aliphatic heterocycles. The van der Waals surface area contributed by atoms with Gasteiger partial charge in [-0.2, -0.15) is 0 Å². The normalized spacial score (nSPS) is 15.8. The minimum atomic E-state index is -4.90. The Labute approximate surface area is 409 Å². The van der Waals surface area contributed by atoms with Crippen LogP contribution in [0.15, 0.2) is 109 Å². The molecule has 6 atom stereocenters. The largest absolute Gasteiger partial charge is 0.481 e. The molecular formula is C51H81N2O13PS. The van der Waals surface area contributed by atoms with Crippen molar-refractivity contribution in [3.05, 3.63) is 109 Å². The topological polar surface area (TPSA) is 255 Å². The van der Waals surface area contributed by atoms with E-state index in [9.17, 15) is 33.7 Å². The van der Waals surface area contributed by atoms with Gasteiger partial charge in [0.15, 0.2) is 6.10 Å². The lowest BCUT2D eigenvalue weighted by molar-refractivity contribution is -0.161. The third-order valence-electron chi connectivity index (χ3n) is 9.51. The van der Waals surface area contributed by atoms with Crippen molar-refractivity contribution in [2.45, 2.75) is 159 Å². The Morgan fingerprint density at radius 2 is 1.13 bits per heavy atom. The van der Waals surface area contributed by atoms with Gasteiger partial charge in [0, 0.05) is 23.8 Å². The molecule has 0 aromatic heterocycles. The molecule has 17 heteroatoms. The van der Waals surface area contributed by atoms with Gasteiger partial charge in [-0.15, -0.1) is 11.8 Å². The Morgan fingerprint density at radius 1 is 0.618 bits per heavy atom. The number of ether oxygens (including phenoxy) is 2. The van der Waals surface area contributed by atoms with Crippen molar-refractivity contribution in [1.82, 2.24) is 0 Å². The van der Waals surface area contributed by atoms with Crippen molar-refractivity contribution in [1.29, 1.82) is 0 Å². The number of rotatable bonds is 43. The number of carbonyl (C=O) groups excluding carboxylic acids is 2. The molecule has 0 fully saturated rings. The maximum absolute atomic E-state index is 13.2. The van der Waals surface area contributed by atoms with E-state index >= 15 is 0 Å². The Balaban J connectivity index is 5.32. The molecule has 0 spiro atoms. The van der Waals surface area contributed by atoms with E-state index in [1.165, 1.54) is 38.5 Å². The zero-order valence-electron chi connectivity index (χ0n) is 40.3. The zero-order valence-corrected chi connectivity index (χ0v) is 42.0. The molecule has 0 heterocycles. The summed E-state index contributed by atoms with van der Waals surface area (Å²) in [5, 5.41) is 28.4. The van der Waals surface area contributed by atoms with Crippen LogP contribution >= 0.6 is 19.6 Å². The first-order valence-electron chi connectivity index (χ1n) is 23.9. The summed E-state index contributed by atoms with van der Waals surface area (Å²) in [5.74, 6) is -4.15. The summed E-state index contributed by atoms with van der Waals surface area (Å²) < 4.78 is 32.8. The van der Waals surface area contributed by atoms with Gasteiger partial charge in [-0.05, 0) is 77.0 Å². The van der Waals surface area contributed by atoms with Crippen LogP contribution in [0.1, 0.15) is 129 Å². The lowest BCUT2D eigenvalue weighted by Gasteiger charge is -2.23. The number of esters is 2. The lowest BCUT2D eigenvalue weighted by Crippen LogP contribution is -2.40. The number of phosphoric acid groups is 1. The SMILES string of the molecule is CCCCC/C=C\C\C=C/C=C/C=C/[C@@H](SC[C@H](N)C(=O)O[C@H](COC(=O)CC/C=C\C/C=C\C/C=C\C/C=C\C/C=C\CCCCC)COP(=O)(O)OC[C@H](N)C(=O)O)[C@@H](O)CCCC(=O)O. The van der Waals surface area contributed by atoms with E-state index in [1.807, 2.05) is 36.5 Å². The summed E-state index contributed by atoms with van der Waals surface area (Å²) in [5.41, 5.74) is 11.5. The Kier molecular flexibility index (Phi) is 41.4. The number of carbonyl (C=O) groups is 4. The van der Waals surface area contributed by atoms with Crippen LogP contribution in [0.4, 0.5) is 0 Å². The maximum atomic E-state index is 13.2. The summed E-state index contributed by atoms with van der Waals surface area (Å²) in [7, 11) is -4.90. The number of phosphoric ester groups is 1. The predicted molar refractivity (Wildman–Crippen MR) is 273 cm³/mol. The number of thioether (sulfide) groups is 1. The van der Waals surface area contributed by atoms with Gasteiger partial charge in [0.2, 0.25) is 0 Å². The average molecular weight is 993 g/mol. The number of carboxylic acid groups (broad SMARTS) is 2. The molecule has 0 bridgehead atoms. The highest BCUT2D eigenvalue weighted by molar-refractivity contribution is 8.00. The van der Waals surface area contributed by atoms with Gasteiger partial charge in [-0.25, -0.2) is 4.57 Å². The number of carboxylic acids is 2. The minimum absolute atomic E-state index is 0.0107. The molecule has 0 radical (unpaired) electrons. The van der Waals surface area contributed by atoms with Crippen LogP contribution in [0.2, 0.25) is 0 Å². The van der Waals surface area contributed by atoms with Gasteiger partial charge in [0.1, 0.15) is 18.7 Å². The molecule has 0 aliphatic rings. The smallest absolute Gasteiger partial charge is 0.472 e. The summed E-state index contributed by atoms with van der Waals surface area (Å²) in [6, 6.07) is -2.90. The highest BCUT2D eigenvalue weighted by Gasteiger charge is 2.30. The maximum Gasteiger partial charge on any atom is 0.472 e. The van der Waals surface area contributed by atoms with Gasteiger partial charge in [-0.1, -0.05) is 149 Å². The summed E-state index contributed by atoms with van der Waals surface area (Å²) in [6.45, 7) is 2.14. The molecule has 0 saturated heterocycles. The first kappa shape index (κ1) is 63.9. The fourth-order valence-corrected chi connectivity index (χ4v) is 7.49. The number of hydrogen-bond donors (Lipinski definition) is 6. The van der Waals surface area contributed by atoms with Crippen molar-refractivity contribution >= 4 is 43.5 Å². The number of hydrogen-bond acceptors (Lipinski definition) is 13. The molecule has 1 unspecified atom stereocenters. The van der Waals surface area contributed by atoms with Gasteiger partial charge in [0.25, 0.3) is 0 Å². The van der Waals surface area contributed by atoms with Gasteiger partial charge in [-0.3, -0.25) is 28.2 Å². The number of aliphatic carboxylic acids is 2. The van der Waals surface area contributed by atoms with Crippen LogP contribution < -0.4 is 11.5 Å². The standard InChI is InChI=1S/C51H81N2O13PS/c1-3-5-7-9-11-13-15-17-18-19-20-21-22-23-25-27-29-31-33-38-49(57)63-39-43(40-64-67(61,62)65-41-44(52)50(58)59)66-51(60)45(53)42-68-47(46(54)35-34-37-48(55)56)36-32-30-28-26-24-16-14-12-10-8-6-4-2/h11-14,17-18,20-21,23-26,28-32,36,43-47,54H,3-10,15-16,19,22,27,33-35,37-42,52-53H2,1-2H3,(H,55,56)(H,58,59)(H,61,62)/b13-11-,14-12-,18-17-,21-20-,25-23-,26-24-,30-28+,31-29-,36-32+/t43-,44+,45+,46+,47-/m1/s1. The third kappa shape index (κ3) is 40.9. The molecule has 15 nitrogen and oxygen atoms in total. The molecule has 0 rings (SSSR count). The fourth-order valence-electron chi connectivity index (χ4n) is 5.59. The molecule has 0 aliphatic carbocycles. The van der Waals surface area contributed by atoms with Crippen molar-refractivity contribution in [2.24, 2.45) is 11.5 Å². The highest BCUT2D eigenvalue weighted by Crippen LogP contribution is 2.43. The van der Waals surface area contributed by atoms with E-state index in [0.717, 1.165) is 50.3 Å². The first-order chi connectivity index (χ1) is 32.7. The van der Waals surface area contributed by atoms with E-state index < -0.39 is 81.1 Å². The Hall–Kier alpha value is -4.12. The summed E-state index contributed by atoms with van der Waals surface area (Å²) in [6.07, 6.45) is 48.0. The average Bonchev–Trinajstić information content (AvgIpc) is 3.30. The number of aliphatic hydroxyl groups is 1. The van der Waals surface area contributed by atoms with E-state index in [1.54, 1.807) is 18.2 Å². The first-order valence-corrected chi connectivity index (χ1v) is 26.4. The Bertz CT molecular complexity index is 1690. The Morgan fingerprint density at radius 3 is 1.68 bits per heavy atom. The van der Waals surface area contributed by atoms with Gasteiger partial charge in [0.05, 0.1) is 19.3 Å². The molecule has 68 heavy (non-hydrogen) atoms. The fraction of sp³-hybridized carbons (Fsp3) is 0.569. The van der Waals surface area contributed by atoms with Crippen molar-refractivity contribution in [3.8, 4) is 0 Å². The second-order valence-corrected chi connectivity index (χ2v) is 18.4. The zero-order chi connectivity index (χ0) is 50.5. The molecule has 0 aromatic rings. The lowest BCUT2D eigenvalue weighted by atomic mass is 10.1. The van der Waals surface area contributed by atoms with Gasteiger partial charge < -0.3 is 41.2 Å². The molecule has 0 amide bonds. The predicted octanol–water partition coefficient (Wildman–Crippen LogP) is 9.93. The second kappa shape index (κ2) is 44.1. The van der Waals surface area contributed by atoms with E-state index in [0.29, 0.717) is 12.8 Å². The summed E-state index contributed by atoms with van der Waals surface area (Å²) >= 11 is 1.14. The number of nitrogens with two attached hydrogens (primary N) is 2. The van der Waals surface area contributed by atoms with Crippen molar-refractivity contribution in [3.63, 3.8) is 0 Å². The molecular weight excluding hydrogens is 912 g/mol. The minimum Gasteiger partial charge on any atom is -0.481 e. The van der Waals surface area contributed by atoms with Crippen LogP contribution in [-0.2, 0) is 42.3 Å². The third-order valence-corrected chi connectivity index (χ3v) is 11.9. The molecule has 0 saturated carbocycles. The van der Waals surface area contributed by atoms with Crippen LogP contribution in [-0.4, -0.2) is 99.2 Å². The van der Waals surface area contributed by atoms with E-state index in [4.69, 9.17) is 35.7 Å². The van der Waals surface area contributed by atoms with E-state index in [-0.39, 0.29) is 31.4 Å². The van der Waals surface area contributed by atoms with Crippen molar-refractivity contribution in [2.75, 3.05) is 25.6 Å². The van der Waals surface area contributed by atoms with E-state index in [2.05, 4.69) is 73.1 Å². The highest BCUT2D eigenvalue weighted by atomic mass is 32.2. The number of allylic oxidation sites excluding steroid dienone is 17. The van der Waals surface area contributed by atoms with Crippen LogP contribution in [0.25, 0.3) is 0 Å². The quantitative estimate of drug-likeness (QED) is 0.0109. The number of aliphatic hydroxyl groups excluding tert-OH is 1. The molecule has 384 valence electrons. The van der Waals surface area contributed by atoms with Crippen LogP contribution in [0, 0.1) is 0 Å².